The molecule has 5 nitrogen and oxygen atoms in total. The summed E-state index contributed by atoms with van der Waals surface area (Å²) in [5.74, 6) is -0.829. The molecule has 2 rings (SSSR count). The van der Waals surface area contributed by atoms with Gasteiger partial charge in [0.05, 0.1) is 11.4 Å². The molecule has 2 aromatic rings. The minimum Gasteiger partial charge on any atom is -0.340 e. The van der Waals surface area contributed by atoms with Crippen LogP contribution in [-0.4, -0.2) is 44.2 Å². The molecule has 0 saturated carbocycles. The highest BCUT2D eigenvalue weighted by Crippen LogP contribution is 2.18. The molecule has 0 saturated heterocycles. The average Bonchev–Trinajstić information content (AvgIpc) is 2.57. The summed E-state index contributed by atoms with van der Waals surface area (Å²) in [5.41, 5.74) is 0.372. The Morgan fingerprint density at radius 2 is 1.68 bits per heavy atom. The van der Waals surface area contributed by atoms with Crippen molar-refractivity contribution in [2.45, 2.75) is 11.4 Å². The molecular weight excluding hydrogens is 411 g/mol. The van der Waals surface area contributed by atoms with Crippen LogP contribution in [0.1, 0.15) is 5.56 Å². The van der Waals surface area contributed by atoms with Crippen molar-refractivity contribution in [2.24, 2.45) is 0 Å². The molecule has 0 heterocycles. The molecule has 8 heteroatoms. The van der Waals surface area contributed by atoms with E-state index in [-0.39, 0.29) is 18.0 Å². The van der Waals surface area contributed by atoms with Crippen molar-refractivity contribution in [3.8, 4) is 0 Å². The van der Waals surface area contributed by atoms with Gasteiger partial charge in [-0.15, -0.1) is 0 Å². The Labute approximate surface area is 155 Å². The third kappa shape index (κ3) is 4.87. The number of halogens is 2. The van der Waals surface area contributed by atoms with E-state index in [0.717, 1.165) is 8.78 Å². The number of benzene rings is 2. The number of sulfonamides is 1. The van der Waals surface area contributed by atoms with E-state index in [1.54, 1.807) is 30.3 Å². The normalized spacial score (nSPS) is 11.6. The highest BCUT2D eigenvalue weighted by atomic mass is 79.9. The standard InChI is InChI=1S/C17H18BrFN2O3S/c1-20(11-13-5-3-4-6-16(13)19)17(22)12-21(2)25(23,24)15-9-7-14(18)8-10-15/h3-10H,11-12H2,1-2H3. The fourth-order valence-corrected chi connectivity index (χ4v) is 3.54. The van der Waals surface area contributed by atoms with Gasteiger partial charge in [-0.3, -0.25) is 4.79 Å². The minimum absolute atomic E-state index is 0.0671. The molecule has 2 aromatic carbocycles. The van der Waals surface area contributed by atoms with Gasteiger partial charge in [-0.25, -0.2) is 12.8 Å². The Bertz CT molecular complexity index is 856. The van der Waals surface area contributed by atoms with Crippen LogP contribution in [0.3, 0.4) is 0 Å². The largest absolute Gasteiger partial charge is 0.340 e. The van der Waals surface area contributed by atoms with Crippen LogP contribution in [0.2, 0.25) is 0 Å². The summed E-state index contributed by atoms with van der Waals surface area (Å²) in [5, 5.41) is 0. The van der Waals surface area contributed by atoms with Crippen molar-refractivity contribution in [3.63, 3.8) is 0 Å². The molecule has 0 aliphatic carbocycles. The molecule has 0 radical (unpaired) electrons. The van der Waals surface area contributed by atoms with Gasteiger partial charge in [0.15, 0.2) is 0 Å². The van der Waals surface area contributed by atoms with Gasteiger partial charge < -0.3 is 4.90 Å². The van der Waals surface area contributed by atoms with E-state index in [9.17, 15) is 17.6 Å². The van der Waals surface area contributed by atoms with Crippen molar-refractivity contribution < 1.29 is 17.6 Å². The SMILES string of the molecule is CN(Cc1ccccc1F)C(=O)CN(C)S(=O)(=O)c1ccc(Br)cc1. The molecule has 0 atom stereocenters. The molecule has 0 aliphatic heterocycles. The van der Waals surface area contributed by atoms with Gasteiger partial charge in [-0.05, 0) is 30.3 Å². The van der Waals surface area contributed by atoms with E-state index >= 15 is 0 Å². The minimum atomic E-state index is -3.77. The third-order valence-electron chi connectivity index (χ3n) is 3.67. The first-order valence-electron chi connectivity index (χ1n) is 7.41. The molecule has 134 valence electrons. The highest BCUT2D eigenvalue weighted by Gasteiger charge is 2.24. The van der Waals surface area contributed by atoms with Crippen molar-refractivity contribution in [2.75, 3.05) is 20.6 Å². The Hall–Kier alpha value is -1.77. The lowest BCUT2D eigenvalue weighted by molar-refractivity contribution is -0.130. The van der Waals surface area contributed by atoms with Crippen LogP contribution < -0.4 is 0 Å². The molecule has 0 unspecified atom stereocenters. The van der Waals surface area contributed by atoms with Gasteiger partial charge in [-0.2, -0.15) is 4.31 Å². The Morgan fingerprint density at radius 1 is 1.08 bits per heavy atom. The topological polar surface area (TPSA) is 57.7 Å². The van der Waals surface area contributed by atoms with E-state index < -0.39 is 21.7 Å². The first-order chi connectivity index (χ1) is 11.7. The molecule has 25 heavy (non-hydrogen) atoms. The smallest absolute Gasteiger partial charge is 0.243 e. The van der Waals surface area contributed by atoms with E-state index in [4.69, 9.17) is 0 Å². The lowest BCUT2D eigenvalue weighted by Gasteiger charge is -2.22. The quantitative estimate of drug-likeness (QED) is 0.710. The second-order valence-corrected chi connectivity index (χ2v) is 8.52. The van der Waals surface area contributed by atoms with Crippen LogP contribution in [0, 0.1) is 5.82 Å². The lowest BCUT2D eigenvalue weighted by Crippen LogP contribution is -2.39. The number of likely N-dealkylation sites (N-methyl/N-ethyl adjacent to an activating group) is 2. The lowest BCUT2D eigenvalue weighted by atomic mass is 10.2. The maximum atomic E-state index is 13.7. The summed E-state index contributed by atoms with van der Waals surface area (Å²) in [6.45, 7) is -0.263. The molecule has 0 bridgehead atoms. The van der Waals surface area contributed by atoms with Crippen LogP contribution in [0.5, 0.6) is 0 Å². The van der Waals surface area contributed by atoms with Gasteiger partial charge in [0.1, 0.15) is 5.82 Å². The van der Waals surface area contributed by atoms with E-state index in [0.29, 0.717) is 5.56 Å². The van der Waals surface area contributed by atoms with Gasteiger partial charge in [0, 0.05) is 30.7 Å². The predicted molar refractivity (Wildman–Crippen MR) is 96.8 cm³/mol. The van der Waals surface area contributed by atoms with Crippen molar-refractivity contribution in [1.29, 1.82) is 0 Å². The molecule has 0 spiro atoms. The highest BCUT2D eigenvalue weighted by molar-refractivity contribution is 9.10. The van der Waals surface area contributed by atoms with Crippen LogP contribution >= 0.6 is 15.9 Å². The summed E-state index contributed by atoms with van der Waals surface area (Å²) in [4.78, 5) is 13.7. The van der Waals surface area contributed by atoms with Crippen molar-refractivity contribution >= 4 is 31.9 Å². The number of amides is 1. The second kappa shape index (κ2) is 8.07. The molecule has 0 fully saturated rings. The molecule has 0 N–H and O–H groups in total. The average molecular weight is 429 g/mol. The van der Waals surface area contributed by atoms with Crippen molar-refractivity contribution in [3.05, 3.63) is 64.4 Å². The van der Waals surface area contributed by atoms with E-state index in [2.05, 4.69) is 15.9 Å². The molecule has 0 aromatic heterocycles. The zero-order valence-corrected chi connectivity index (χ0v) is 16.2. The number of carbonyl (C=O) groups is 1. The first kappa shape index (κ1) is 19.6. The van der Waals surface area contributed by atoms with Gasteiger partial charge >= 0.3 is 0 Å². The number of carbonyl (C=O) groups excluding carboxylic acids is 1. The van der Waals surface area contributed by atoms with Gasteiger partial charge in [0.2, 0.25) is 15.9 Å². The third-order valence-corrected chi connectivity index (χ3v) is 6.02. The summed E-state index contributed by atoms with van der Waals surface area (Å²) in [6, 6.07) is 12.3. The van der Waals surface area contributed by atoms with E-state index in [1.807, 2.05) is 0 Å². The second-order valence-electron chi connectivity index (χ2n) is 5.56. The summed E-state index contributed by atoms with van der Waals surface area (Å²) in [7, 11) is -0.926. The van der Waals surface area contributed by atoms with Crippen molar-refractivity contribution in [1.82, 2.24) is 9.21 Å². The number of nitrogens with zero attached hydrogens (tertiary/aromatic N) is 2. The summed E-state index contributed by atoms with van der Waals surface area (Å²) in [6.07, 6.45) is 0. The van der Waals surface area contributed by atoms with Crippen LogP contribution in [0.25, 0.3) is 0 Å². The van der Waals surface area contributed by atoms with Crippen LogP contribution in [-0.2, 0) is 21.4 Å². The predicted octanol–water partition coefficient (Wildman–Crippen LogP) is 2.87. The fourth-order valence-electron chi connectivity index (χ4n) is 2.15. The molecule has 1 amide bonds. The summed E-state index contributed by atoms with van der Waals surface area (Å²) >= 11 is 3.25. The fraction of sp³-hybridized carbons (Fsp3) is 0.235. The van der Waals surface area contributed by atoms with Gasteiger partial charge in [0.25, 0.3) is 0 Å². The first-order valence-corrected chi connectivity index (χ1v) is 9.64. The zero-order chi connectivity index (χ0) is 18.6. The van der Waals surface area contributed by atoms with Crippen LogP contribution in [0.15, 0.2) is 57.9 Å². The maximum Gasteiger partial charge on any atom is 0.243 e. The maximum absolute atomic E-state index is 13.7. The number of hydrogen-bond donors (Lipinski definition) is 0. The Balaban J connectivity index is 2.06. The Kier molecular flexibility index (Phi) is 6.31. The van der Waals surface area contributed by atoms with Gasteiger partial charge in [-0.1, -0.05) is 34.1 Å². The Morgan fingerprint density at radius 3 is 2.28 bits per heavy atom. The molecule has 0 aliphatic rings. The number of rotatable bonds is 6. The number of hydrogen-bond acceptors (Lipinski definition) is 3. The van der Waals surface area contributed by atoms with E-state index in [1.165, 1.54) is 37.2 Å². The summed E-state index contributed by atoms with van der Waals surface area (Å²) < 4.78 is 40.4. The monoisotopic (exact) mass is 428 g/mol. The zero-order valence-electron chi connectivity index (χ0n) is 13.8. The van der Waals surface area contributed by atoms with Crippen LogP contribution in [0.4, 0.5) is 4.39 Å². The molecular formula is C17H18BrFN2O3S.